The highest BCUT2D eigenvalue weighted by atomic mass is 32.2. The topological polar surface area (TPSA) is 47.0 Å². The number of ether oxygens (including phenoxy) is 1. The van der Waals surface area contributed by atoms with Crippen molar-refractivity contribution in [2.75, 3.05) is 19.9 Å². The second-order valence-electron chi connectivity index (χ2n) is 4.29. The van der Waals surface area contributed by atoms with Crippen LogP contribution in [0.2, 0.25) is 0 Å². The van der Waals surface area contributed by atoms with E-state index in [9.17, 15) is 0 Å². The molecule has 0 bridgehead atoms. The molecule has 0 aliphatic carbocycles. The molecule has 2 aromatic rings. The maximum absolute atomic E-state index is 5.53. The molecule has 1 unspecified atom stereocenters. The van der Waals surface area contributed by atoms with E-state index in [4.69, 9.17) is 4.74 Å². The molecule has 1 aromatic heterocycles. The summed E-state index contributed by atoms with van der Waals surface area (Å²) in [7, 11) is 1.71. The van der Waals surface area contributed by atoms with E-state index in [0.717, 1.165) is 25.9 Å². The first-order chi connectivity index (χ1) is 10.2. The second kappa shape index (κ2) is 8.03. The largest absolute Gasteiger partial charge is 0.496 e. The minimum absolute atomic E-state index is 0.224. The van der Waals surface area contributed by atoms with Gasteiger partial charge < -0.3 is 10.1 Å². The highest BCUT2D eigenvalue weighted by molar-refractivity contribution is 8.03. The first-order valence-corrected chi connectivity index (χ1v) is 9.51. The maximum atomic E-state index is 5.53. The zero-order valence-corrected chi connectivity index (χ0v) is 15.0. The van der Waals surface area contributed by atoms with Crippen LogP contribution in [-0.2, 0) is 0 Å². The molecular formula is C14H19N3OS3. The zero-order chi connectivity index (χ0) is 15.2. The Labute approximate surface area is 138 Å². The third kappa shape index (κ3) is 4.12. The molecule has 0 spiro atoms. The van der Waals surface area contributed by atoms with Crippen LogP contribution < -0.4 is 10.1 Å². The van der Waals surface area contributed by atoms with Crippen LogP contribution in [0.25, 0.3) is 0 Å². The van der Waals surface area contributed by atoms with Crippen molar-refractivity contribution < 1.29 is 4.74 Å². The molecule has 4 nitrogen and oxygen atoms in total. The van der Waals surface area contributed by atoms with Crippen LogP contribution >= 0.6 is 34.9 Å². The summed E-state index contributed by atoms with van der Waals surface area (Å²) in [4.78, 5) is 1.16. The summed E-state index contributed by atoms with van der Waals surface area (Å²) in [5.74, 6) is 0.906. The van der Waals surface area contributed by atoms with Crippen LogP contribution in [0, 0.1) is 0 Å². The lowest BCUT2D eigenvalue weighted by Gasteiger charge is -2.19. The number of hydrogen-bond acceptors (Lipinski definition) is 7. The Kier molecular flexibility index (Phi) is 6.35. The van der Waals surface area contributed by atoms with E-state index in [-0.39, 0.29) is 6.04 Å². The maximum Gasteiger partial charge on any atom is 0.179 e. The first-order valence-electron chi connectivity index (χ1n) is 6.65. The molecule has 0 fully saturated rings. The van der Waals surface area contributed by atoms with Crippen LogP contribution in [0.3, 0.4) is 0 Å². The van der Waals surface area contributed by atoms with Gasteiger partial charge in [0.15, 0.2) is 8.68 Å². The predicted molar refractivity (Wildman–Crippen MR) is 90.9 cm³/mol. The Hall–Kier alpha value is -0.760. The molecule has 1 aromatic carbocycles. The van der Waals surface area contributed by atoms with Gasteiger partial charge in [0.25, 0.3) is 0 Å². The second-order valence-corrected chi connectivity index (χ2v) is 7.61. The zero-order valence-electron chi connectivity index (χ0n) is 12.5. The van der Waals surface area contributed by atoms with Crippen LogP contribution in [0.15, 0.2) is 31.8 Å². The van der Waals surface area contributed by atoms with E-state index in [1.165, 1.54) is 5.56 Å². The van der Waals surface area contributed by atoms with E-state index in [2.05, 4.69) is 35.4 Å². The molecule has 1 atom stereocenters. The van der Waals surface area contributed by atoms with Gasteiger partial charge in [-0.15, -0.1) is 10.2 Å². The number of nitrogens with one attached hydrogen (secondary N) is 1. The summed E-state index contributed by atoms with van der Waals surface area (Å²) in [6, 6.07) is 6.35. The molecule has 1 N–H and O–H groups in total. The smallest absolute Gasteiger partial charge is 0.179 e. The lowest BCUT2D eigenvalue weighted by atomic mass is 10.1. The Bertz CT molecular complexity index is 589. The van der Waals surface area contributed by atoms with Crippen molar-refractivity contribution >= 4 is 34.9 Å². The van der Waals surface area contributed by atoms with Gasteiger partial charge in [0, 0.05) is 16.5 Å². The van der Waals surface area contributed by atoms with Crippen LogP contribution in [-0.4, -0.2) is 30.1 Å². The Balaban J connectivity index is 2.33. The van der Waals surface area contributed by atoms with Crippen LogP contribution in [0.1, 0.15) is 25.5 Å². The number of aromatic nitrogens is 2. The van der Waals surface area contributed by atoms with Crippen molar-refractivity contribution in [3.05, 3.63) is 23.8 Å². The molecule has 7 heteroatoms. The Morgan fingerprint density at radius 2 is 2.10 bits per heavy atom. The molecule has 114 valence electrons. The lowest BCUT2D eigenvalue weighted by molar-refractivity contribution is 0.400. The molecule has 1 heterocycles. The average Bonchev–Trinajstić information content (AvgIpc) is 2.94. The van der Waals surface area contributed by atoms with Crippen molar-refractivity contribution in [2.24, 2.45) is 0 Å². The van der Waals surface area contributed by atoms with Gasteiger partial charge in [-0.25, -0.2) is 0 Å². The van der Waals surface area contributed by atoms with Crippen molar-refractivity contribution in [1.29, 1.82) is 0 Å². The number of thioether (sulfide) groups is 1. The summed E-state index contributed by atoms with van der Waals surface area (Å²) in [6.07, 6.45) is 2.01. The number of methoxy groups -OCH3 is 1. The molecule has 2 rings (SSSR count). The Morgan fingerprint density at radius 3 is 2.71 bits per heavy atom. The highest BCUT2D eigenvalue weighted by Gasteiger charge is 2.17. The van der Waals surface area contributed by atoms with Crippen LogP contribution in [0.5, 0.6) is 5.75 Å². The third-order valence-electron chi connectivity index (χ3n) is 2.95. The molecule has 0 amide bonds. The van der Waals surface area contributed by atoms with Gasteiger partial charge in [-0.05, 0) is 31.9 Å². The average molecular weight is 342 g/mol. The first kappa shape index (κ1) is 16.6. The van der Waals surface area contributed by atoms with E-state index in [1.807, 2.05) is 18.4 Å². The van der Waals surface area contributed by atoms with Gasteiger partial charge in [-0.3, -0.25) is 0 Å². The summed E-state index contributed by atoms with van der Waals surface area (Å²) in [5, 5.41) is 11.8. The molecule has 0 saturated carbocycles. The monoisotopic (exact) mass is 341 g/mol. The quantitative estimate of drug-likeness (QED) is 0.765. The summed E-state index contributed by atoms with van der Waals surface area (Å²) in [6.45, 7) is 5.17. The summed E-state index contributed by atoms with van der Waals surface area (Å²) < 4.78 is 7.47. The lowest BCUT2D eigenvalue weighted by Crippen LogP contribution is -2.19. The highest BCUT2D eigenvalue weighted by Crippen LogP contribution is 2.40. The van der Waals surface area contributed by atoms with Crippen molar-refractivity contribution in [3.63, 3.8) is 0 Å². The molecule has 0 aliphatic rings. The van der Waals surface area contributed by atoms with Gasteiger partial charge in [0.05, 0.1) is 7.11 Å². The van der Waals surface area contributed by atoms with Crippen molar-refractivity contribution in [3.8, 4) is 5.75 Å². The van der Waals surface area contributed by atoms with Crippen molar-refractivity contribution in [1.82, 2.24) is 15.5 Å². The number of benzene rings is 1. The van der Waals surface area contributed by atoms with Gasteiger partial charge in [-0.2, -0.15) is 0 Å². The normalized spacial score (nSPS) is 12.4. The molecule has 0 saturated heterocycles. The fourth-order valence-electron chi connectivity index (χ4n) is 2.04. The summed E-state index contributed by atoms with van der Waals surface area (Å²) in [5.41, 5.74) is 1.17. The number of rotatable bonds is 7. The van der Waals surface area contributed by atoms with Gasteiger partial charge in [-0.1, -0.05) is 47.9 Å². The van der Waals surface area contributed by atoms with Gasteiger partial charge in [0.1, 0.15) is 5.75 Å². The van der Waals surface area contributed by atoms with Crippen LogP contribution in [0.4, 0.5) is 0 Å². The number of nitrogens with zero attached hydrogens (tertiary/aromatic N) is 2. The van der Waals surface area contributed by atoms with Gasteiger partial charge in [0.2, 0.25) is 0 Å². The fraction of sp³-hybridized carbons (Fsp3) is 0.429. The van der Waals surface area contributed by atoms with E-state index < -0.39 is 0 Å². The molecule has 21 heavy (non-hydrogen) atoms. The molecular weight excluding hydrogens is 322 g/mol. The minimum atomic E-state index is 0.224. The predicted octanol–water partition coefficient (Wildman–Crippen LogP) is 4.09. The Morgan fingerprint density at radius 1 is 1.33 bits per heavy atom. The molecule has 0 aliphatic heterocycles. The van der Waals surface area contributed by atoms with Gasteiger partial charge >= 0.3 is 0 Å². The number of hydrogen-bond donors (Lipinski definition) is 1. The minimum Gasteiger partial charge on any atom is -0.496 e. The van der Waals surface area contributed by atoms with E-state index in [0.29, 0.717) is 0 Å². The van der Waals surface area contributed by atoms with E-state index >= 15 is 0 Å². The fourth-order valence-corrected chi connectivity index (χ4v) is 4.68. The summed E-state index contributed by atoms with van der Waals surface area (Å²) >= 11 is 4.88. The van der Waals surface area contributed by atoms with E-state index in [1.54, 1.807) is 42.0 Å². The molecule has 0 radical (unpaired) electrons. The van der Waals surface area contributed by atoms with Crippen molar-refractivity contribution in [2.45, 2.75) is 33.5 Å². The third-order valence-corrected chi connectivity index (χ3v) is 5.97. The standard InChI is InChI=1S/C14H19N3OS3/c1-5-15-9(2)12-10(18-3)7-6-8-11(12)20-14-17-16-13(19-4)21-14/h6-9,15H,5H2,1-4H3. The SMILES string of the molecule is CCNC(C)c1c(OC)cccc1Sc1nnc(SC)s1.